The molecule has 2 rings (SSSR count). The fourth-order valence-electron chi connectivity index (χ4n) is 1.84. The Morgan fingerprint density at radius 3 is 2.50 bits per heavy atom. The molecular formula is C13H12BrF2NO. The van der Waals surface area contributed by atoms with Gasteiger partial charge in [-0.05, 0) is 54.2 Å². The van der Waals surface area contributed by atoms with Crippen LogP contribution in [-0.2, 0) is 0 Å². The Hall–Kier alpha value is -1.20. The van der Waals surface area contributed by atoms with Crippen molar-refractivity contribution in [2.75, 3.05) is 7.05 Å². The average Bonchev–Trinajstić information content (AvgIpc) is 2.76. The SMILES string of the molecule is CNC(c1ccc(C)o1)c1c(F)ccc(Br)c1F. The molecule has 2 nitrogen and oxygen atoms in total. The summed E-state index contributed by atoms with van der Waals surface area (Å²) in [4.78, 5) is 0. The van der Waals surface area contributed by atoms with Crippen LogP contribution < -0.4 is 5.32 Å². The lowest BCUT2D eigenvalue weighted by atomic mass is 10.0. The summed E-state index contributed by atoms with van der Waals surface area (Å²) in [7, 11) is 1.63. The standard InChI is InChI=1S/C13H12BrF2NO/c1-7-3-6-10(18-7)13(17-2)11-9(15)5-4-8(14)12(11)16/h3-6,13,17H,1-2H3. The highest BCUT2D eigenvalue weighted by Gasteiger charge is 2.24. The average molecular weight is 316 g/mol. The lowest BCUT2D eigenvalue weighted by Gasteiger charge is -2.16. The highest BCUT2D eigenvalue weighted by Crippen LogP contribution is 2.31. The topological polar surface area (TPSA) is 25.2 Å². The number of nitrogens with one attached hydrogen (secondary N) is 1. The van der Waals surface area contributed by atoms with E-state index in [4.69, 9.17) is 4.42 Å². The lowest BCUT2D eigenvalue weighted by Crippen LogP contribution is -2.20. The fourth-order valence-corrected chi connectivity index (χ4v) is 2.19. The zero-order valence-electron chi connectivity index (χ0n) is 9.93. The van der Waals surface area contributed by atoms with E-state index in [0.29, 0.717) is 11.5 Å². The summed E-state index contributed by atoms with van der Waals surface area (Å²) in [6.07, 6.45) is 0. The maximum atomic E-state index is 14.0. The van der Waals surface area contributed by atoms with Gasteiger partial charge < -0.3 is 9.73 Å². The van der Waals surface area contributed by atoms with Crippen LogP contribution in [0, 0.1) is 18.6 Å². The van der Waals surface area contributed by atoms with Gasteiger partial charge in [0.15, 0.2) is 0 Å². The predicted octanol–water partition coefficient (Wildman–Crippen LogP) is 3.94. The van der Waals surface area contributed by atoms with Crippen LogP contribution in [-0.4, -0.2) is 7.05 Å². The number of aryl methyl sites for hydroxylation is 1. The largest absolute Gasteiger partial charge is 0.464 e. The van der Waals surface area contributed by atoms with Gasteiger partial charge in [-0.1, -0.05) is 0 Å². The minimum atomic E-state index is -0.656. The van der Waals surface area contributed by atoms with Crippen molar-refractivity contribution in [1.29, 1.82) is 0 Å². The van der Waals surface area contributed by atoms with Crippen LogP contribution in [0.5, 0.6) is 0 Å². The number of hydrogen-bond acceptors (Lipinski definition) is 2. The van der Waals surface area contributed by atoms with Gasteiger partial charge in [0, 0.05) is 5.56 Å². The van der Waals surface area contributed by atoms with E-state index in [-0.39, 0.29) is 10.0 Å². The Bertz CT molecular complexity index is 568. The quantitative estimate of drug-likeness (QED) is 0.868. The molecule has 0 amide bonds. The highest BCUT2D eigenvalue weighted by molar-refractivity contribution is 9.10. The molecule has 1 heterocycles. The van der Waals surface area contributed by atoms with Crippen molar-refractivity contribution in [2.45, 2.75) is 13.0 Å². The predicted molar refractivity (Wildman–Crippen MR) is 68.4 cm³/mol. The van der Waals surface area contributed by atoms with Gasteiger partial charge in [0.1, 0.15) is 23.2 Å². The van der Waals surface area contributed by atoms with Gasteiger partial charge in [-0.25, -0.2) is 8.78 Å². The van der Waals surface area contributed by atoms with Crippen LogP contribution in [0.2, 0.25) is 0 Å². The van der Waals surface area contributed by atoms with E-state index in [1.54, 1.807) is 26.1 Å². The Morgan fingerprint density at radius 1 is 1.22 bits per heavy atom. The van der Waals surface area contributed by atoms with Crippen molar-refractivity contribution < 1.29 is 13.2 Å². The molecule has 18 heavy (non-hydrogen) atoms. The van der Waals surface area contributed by atoms with Gasteiger partial charge in [0.05, 0.1) is 10.5 Å². The van der Waals surface area contributed by atoms with Gasteiger partial charge in [-0.2, -0.15) is 0 Å². The molecule has 0 aliphatic heterocycles. The van der Waals surface area contributed by atoms with Crippen LogP contribution in [0.1, 0.15) is 23.1 Å². The summed E-state index contributed by atoms with van der Waals surface area (Å²) in [6.45, 7) is 1.78. The summed E-state index contributed by atoms with van der Waals surface area (Å²) in [5.74, 6) is -0.0560. The van der Waals surface area contributed by atoms with E-state index in [1.807, 2.05) is 0 Å². The van der Waals surface area contributed by atoms with Crippen molar-refractivity contribution >= 4 is 15.9 Å². The first-order chi connectivity index (χ1) is 8.54. The molecule has 2 aromatic rings. The number of rotatable bonds is 3. The van der Waals surface area contributed by atoms with E-state index < -0.39 is 17.7 Å². The van der Waals surface area contributed by atoms with Crippen LogP contribution in [0.15, 0.2) is 33.2 Å². The van der Waals surface area contributed by atoms with Gasteiger partial charge in [0.2, 0.25) is 0 Å². The molecule has 0 aliphatic carbocycles. The summed E-state index contributed by atoms with van der Waals surface area (Å²) < 4.78 is 33.5. The second-order valence-electron chi connectivity index (χ2n) is 3.93. The normalized spacial score (nSPS) is 12.7. The Kier molecular flexibility index (Phi) is 3.82. The minimum absolute atomic E-state index is 0.0544. The minimum Gasteiger partial charge on any atom is -0.464 e. The zero-order valence-corrected chi connectivity index (χ0v) is 11.5. The summed E-state index contributed by atoms with van der Waals surface area (Å²) in [6, 6.07) is 5.37. The number of halogens is 3. The van der Waals surface area contributed by atoms with Crippen LogP contribution >= 0.6 is 15.9 Å². The molecule has 0 saturated heterocycles. The number of hydrogen-bond donors (Lipinski definition) is 1. The number of benzene rings is 1. The smallest absolute Gasteiger partial charge is 0.145 e. The Balaban J connectivity index is 2.55. The third-order valence-corrected chi connectivity index (χ3v) is 3.31. The summed E-state index contributed by atoms with van der Waals surface area (Å²) in [5.41, 5.74) is -0.0544. The third-order valence-electron chi connectivity index (χ3n) is 2.70. The monoisotopic (exact) mass is 315 g/mol. The molecule has 1 N–H and O–H groups in total. The molecule has 0 saturated carbocycles. The molecule has 1 atom stereocenters. The van der Waals surface area contributed by atoms with E-state index in [1.165, 1.54) is 12.1 Å². The molecule has 0 radical (unpaired) electrons. The third kappa shape index (κ3) is 2.33. The second-order valence-corrected chi connectivity index (χ2v) is 4.78. The molecule has 0 spiro atoms. The van der Waals surface area contributed by atoms with Crippen LogP contribution in [0.25, 0.3) is 0 Å². The van der Waals surface area contributed by atoms with E-state index in [2.05, 4.69) is 21.2 Å². The molecule has 0 bridgehead atoms. The highest BCUT2D eigenvalue weighted by atomic mass is 79.9. The lowest BCUT2D eigenvalue weighted by molar-refractivity contribution is 0.423. The first-order valence-corrected chi connectivity index (χ1v) is 6.21. The molecule has 0 fully saturated rings. The van der Waals surface area contributed by atoms with Gasteiger partial charge in [0.25, 0.3) is 0 Å². The van der Waals surface area contributed by atoms with Crippen LogP contribution in [0.4, 0.5) is 8.78 Å². The van der Waals surface area contributed by atoms with Crippen molar-refractivity contribution in [3.8, 4) is 0 Å². The number of furan rings is 1. The maximum Gasteiger partial charge on any atom is 0.145 e. The fraction of sp³-hybridized carbons (Fsp3) is 0.231. The molecule has 96 valence electrons. The molecule has 0 aliphatic rings. The summed E-state index contributed by atoms with van der Waals surface area (Å²) >= 11 is 3.06. The Labute approximate surface area is 112 Å². The second kappa shape index (κ2) is 5.20. The molecule has 1 aromatic heterocycles. The van der Waals surface area contributed by atoms with Crippen LogP contribution in [0.3, 0.4) is 0 Å². The molecular weight excluding hydrogens is 304 g/mol. The van der Waals surface area contributed by atoms with Crippen molar-refractivity contribution in [1.82, 2.24) is 5.32 Å². The first kappa shape index (κ1) is 13.2. The van der Waals surface area contributed by atoms with Gasteiger partial charge in [-0.3, -0.25) is 0 Å². The first-order valence-electron chi connectivity index (χ1n) is 5.41. The van der Waals surface area contributed by atoms with E-state index >= 15 is 0 Å². The summed E-state index contributed by atoms with van der Waals surface area (Å²) in [5, 5.41) is 2.86. The maximum absolute atomic E-state index is 14.0. The van der Waals surface area contributed by atoms with E-state index in [9.17, 15) is 8.78 Å². The molecule has 1 unspecified atom stereocenters. The van der Waals surface area contributed by atoms with Gasteiger partial charge in [-0.15, -0.1) is 0 Å². The van der Waals surface area contributed by atoms with E-state index in [0.717, 1.165) is 0 Å². The van der Waals surface area contributed by atoms with Crippen molar-refractivity contribution in [2.24, 2.45) is 0 Å². The zero-order chi connectivity index (χ0) is 13.3. The van der Waals surface area contributed by atoms with Crippen molar-refractivity contribution in [3.63, 3.8) is 0 Å². The molecule has 5 heteroatoms. The Morgan fingerprint density at radius 2 is 1.94 bits per heavy atom. The van der Waals surface area contributed by atoms with Crippen molar-refractivity contribution in [3.05, 3.63) is 57.5 Å². The van der Waals surface area contributed by atoms with Gasteiger partial charge >= 0.3 is 0 Å². The molecule has 1 aromatic carbocycles.